The van der Waals surface area contributed by atoms with Crippen LogP contribution in [0.5, 0.6) is 0 Å². The van der Waals surface area contributed by atoms with Crippen molar-refractivity contribution in [3.05, 3.63) is 41.2 Å². The van der Waals surface area contributed by atoms with E-state index in [4.69, 9.17) is 5.11 Å². The van der Waals surface area contributed by atoms with Gasteiger partial charge in [-0.3, -0.25) is 15.1 Å². The summed E-state index contributed by atoms with van der Waals surface area (Å²) in [5.41, 5.74) is 0.610. The zero-order valence-electron chi connectivity index (χ0n) is 7.98. The second kappa shape index (κ2) is 5.63. The minimum absolute atomic E-state index is 0.434. The summed E-state index contributed by atoms with van der Waals surface area (Å²) >= 11 is 3.24. The predicted octanol–water partition coefficient (Wildman–Crippen LogP) is 1.75. The van der Waals surface area contributed by atoms with Crippen LogP contribution < -0.4 is 5.32 Å². The van der Waals surface area contributed by atoms with Crippen LogP contribution in [0.4, 0.5) is 0 Å². The Bertz CT molecular complexity index is 368. The molecule has 0 aliphatic carbocycles. The molecule has 0 aliphatic rings. The quantitative estimate of drug-likeness (QED) is 0.801. The van der Waals surface area contributed by atoms with Crippen LogP contribution in [0.15, 0.2) is 35.6 Å². The van der Waals surface area contributed by atoms with Gasteiger partial charge in [-0.2, -0.15) is 0 Å². The number of aliphatic carboxylic acids is 1. The Kier molecular flexibility index (Phi) is 4.45. The van der Waals surface area contributed by atoms with Gasteiger partial charge < -0.3 is 5.11 Å². The smallest absolute Gasteiger partial charge is 0.325 e. The van der Waals surface area contributed by atoms with Gasteiger partial charge in [0.1, 0.15) is 6.04 Å². The summed E-state index contributed by atoms with van der Waals surface area (Å²) in [5, 5.41) is 11.8. The molecule has 0 radical (unpaired) electrons. The third-order valence-electron chi connectivity index (χ3n) is 1.77. The van der Waals surface area contributed by atoms with Crippen LogP contribution in [-0.4, -0.2) is 22.6 Å². The molecule has 1 unspecified atom stereocenters. The molecule has 4 nitrogen and oxygen atoms in total. The summed E-state index contributed by atoms with van der Waals surface area (Å²) < 4.78 is 0.756. The number of pyridine rings is 1. The predicted molar refractivity (Wildman–Crippen MR) is 60.5 cm³/mol. The van der Waals surface area contributed by atoms with Gasteiger partial charge in [-0.15, -0.1) is 6.58 Å². The molecule has 1 aromatic heterocycles. The van der Waals surface area contributed by atoms with Crippen LogP contribution in [0.25, 0.3) is 0 Å². The number of nitrogens with zero attached hydrogens (tertiary/aromatic N) is 1. The average Bonchev–Trinajstić information content (AvgIpc) is 2.18. The molecule has 0 spiro atoms. The van der Waals surface area contributed by atoms with Crippen molar-refractivity contribution < 1.29 is 9.90 Å². The number of aromatic nitrogens is 1. The maximum absolute atomic E-state index is 11.0. The van der Waals surface area contributed by atoms with Crippen molar-refractivity contribution in [2.24, 2.45) is 0 Å². The van der Waals surface area contributed by atoms with Crippen LogP contribution in [-0.2, 0) is 4.79 Å². The van der Waals surface area contributed by atoms with Gasteiger partial charge in [-0.1, -0.05) is 6.08 Å². The molecule has 1 aromatic rings. The van der Waals surface area contributed by atoms with Gasteiger partial charge in [0.05, 0.1) is 0 Å². The first-order valence-corrected chi connectivity index (χ1v) is 5.12. The zero-order valence-corrected chi connectivity index (χ0v) is 9.57. The van der Waals surface area contributed by atoms with Crippen LogP contribution >= 0.6 is 15.9 Å². The summed E-state index contributed by atoms with van der Waals surface area (Å²) in [4.78, 5) is 14.9. The van der Waals surface area contributed by atoms with Gasteiger partial charge in [-0.25, -0.2) is 0 Å². The van der Waals surface area contributed by atoms with E-state index in [1.807, 2.05) is 0 Å². The van der Waals surface area contributed by atoms with Gasteiger partial charge in [0.25, 0.3) is 0 Å². The molecule has 0 saturated carbocycles. The van der Waals surface area contributed by atoms with E-state index in [1.54, 1.807) is 18.3 Å². The molecule has 0 aliphatic heterocycles. The van der Waals surface area contributed by atoms with Gasteiger partial charge in [0.15, 0.2) is 0 Å². The Labute approximate surface area is 96.2 Å². The first kappa shape index (κ1) is 11.9. The van der Waals surface area contributed by atoms with E-state index in [0.29, 0.717) is 12.1 Å². The van der Waals surface area contributed by atoms with E-state index < -0.39 is 12.0 Å². The van der Waals surface area contributed by atoms with Crippen LogP contribution in [0.2, 0.25) is 0 Å². The molecule has 15 heavy (non-hydrogen) atoms. The van der Waals surface area contributed by atoms with Crippen molar-refractivity contribution in [2.45, 2.75) is 6.04 Å². The number of halogens is 1. The number of nitrogens with one attached hydrogen (secondary N) is 1. The van der Waals surface area contributed by atoms with E-state index in [9.17, 15) is 4.79 Å². The fourth-order valence-electron chi connectivity index (χ4n) is 1.14. The van der Waals surface area contributed by atoms with Crippen LogP contribution in [0.1, 0.15) is 11.6 Å². The van der Waals surface area contributed by atoms with Gasteiger partial charge >= 0.3 is 5.97 Å². The van der Waals surface area contributed by atoms with Gasteiger partial charge in [-0.05, 0) is 27.6 Å². The van der Waals surface area contributed by atoms with E-state index in [2.05, 4.69) is 32.8 Å². The summed E-state index contributed by atoms with van der Waals surface area (Å²) in [6.45, 7) is 3.96. The molecule has 0 amide bonds. The molecule has 1 heterocycles. The number of rotatable bonds is 5. The molecule has 0 fully saturated rings. The minimum atomic E-state index is -0.934. The maximum Gasteiger partial charge on any atom is 0.325 e. The lowest BCUT2D eigenvalue weighted by molar-refractivity contribution is -0.139. The van der Waals surface area contributed by atoms with Gasteiger partial charge in [0, 0.05) is 23.4 Å². The Balaban J connectivity index is 2.88. The van der Waals surface area contributed by atoms with Crippen LogP contribution in [0.3, 0.4) is 0 Å². The zero-order chi connectivity index (χ0) is 11.3. The molecular formula is C10H11BrN2O2. The molecule has 0 saturated heterocycles. The first-order chi connectivity index (χ1) is 7.15. The second-order valence-corrected chi connectivity index (χ2v) is 3.82. The number of carbonyl (C=O) groups is 1. The van der Waals surface area contributed by atoms with E-state index in [1.165, 1.54) is 6.20 Å². The lowest BCUT2D eigenvalue weighted by atomic mass is 10.1. The molecule has 0 bridgehead atoms. The number of carboxylic acids is 1. The third kappa shape index (κ3) is 3.45. The molecule has 1 atom stereocenters. The number of hydrogen-bond donors (Lipinski definition) is 2. The fourth-order valence-corrected chi connectivity index (χ4v) is 1.52. The van der Waals surface area contributed by atoms with Gasteiger partial charge in [0.2, 0.25) is 0 Å². The van der Waals surface area contributed by atoms with E-state index in [0.717, 1.165) is 4.47 Å². The highest BCUT2D eigenvalue weighted by atomic mass is 79.9. The first-order valence-electron chi connectivity index (χ1n) is 4.32. The van der Waals surface area contributed by atoms with Crippen molar-refractivity contribution in [1.29, 1.82) is 0 Å². The summed E-state index contributed by atoms with van der Waals surface area (Å²) in [7, 11) is 0. The monoisotopic (exact) mass is 270 g/mol. The molecule has 5 heteroatoms. The lowest BCUT2D eigenvalue weighted by Gasteiger charge is -2.13. The van der Waals surface area contributed by atoms with Crippen molar-refractivity contribution in [3.8, 4) is 0 Å². The minimum Gasteiger partial charge on any atom is -0.480 e. The normalized spacial score (nSPS) is 12.1. The fraction of sp³-hybridized carbons (Fsp3) is 0.200. The molecule has 1 rings (SSSR count). The largest absolute Gasteiger partial charge is 0.480 e. The Morgan fingerprint density at radius 1 is 1.73 bits per heavy atom. The maximum atomic E-state index is 11.0. The number of carboxylic acid groups (broad SMARTS) is 1. The molecular weight excluding hydrogens is 260 g/mol. The van der Waals surface area contributed by atoms with E-state index in [-0.39, 0.29) is 0 Å². The van der Waals surface area contributed by atoms with Crippen molar-refractivity contribution in [2.75, 3.05) is 6.54 Å². The Morgan fingerprint density at radius 2 is 2.47 bits per heavy atom. The van der Waals surface area contributed by atoms with Crippen molar-refractivity contribution in [3.63, 3.8) is 0 Å². The summed E-state index contributed by atoms with van der Waals surface area (Å²) in [5.74, 6) is -0.934. The Morgan fingerprint density at radius 3 is 3.00 bits per heavy atom. The summed E-state index contributed by atoms with van der Waals surface area (Å²) in [6.07, 6.45) is 4.75. The molecule has 80 valence electrons. The van der Waals surface area contributed by atoms with Crippen molar-refractivity contribution >= 4 is 21.9 Å². The standard InChI is InChI=1S/C10H11BrN2O2/c1-2-3-13-9(10(14)15)7-4-8(11)6-12-5-7/h2,4-6,9,13H,1,3H2,(H,14,15). The second-order valence-electron chi connectivity index (χ2n) is 2.90. The SMILES string of the molecule is C=CCNC(C(=O)O)c1cncc(Br)c1. The third-order valence-corrected chi connectivity index (χ3v) is 2.21. The topological polar surface area (TPSA) is 62.2 Å². The highest BCUT2D eigenvalue weighted by molar-refractivity contribution is 9.10. The summed E-state index contributed by atoms with van der Waals surface area (Å²) in [6, 6.07) is 0.968. The lowest BCUT2D eigenvalue weighted by Crippen LogP contribution is -2.28. The number of hydrogen-bond acceptors (Lipinski definition) is 3. The van der Waals surface area contributed by atoms with Crippen LogP contribution in [0, 0.1) is 0 Å². The van der Waals surface area contributed by atoms with E-state index >= 15 is 0 Å². The van der Waals surface area contributed by atoms with Crippen molar-refractivity contribution in [1.82, 2.24) is 10.3 Å². The molecule has 0 aromatic carbocycles. The highest BCUT2D eigenvalue weighted by Gasteiger charge is 2.18. The average molecular weight is 271 g/mol. The highest BCUT2D eigenvalue weighted by Crippen LogP contribution is 2.16. The Hall–Kier alpha value is -1.20. The molecule has 2 N–H and O–H groups in total.